The number of ether oxygens (including phenoxy) is 1. The number of aromatic nitrogens is 1. The Morgan fingerprint density at radius 2 is 1.79 bits per heavy atom. The van der Waals surface area contributed by atoms with Crippen LogP contribution in [0.1, 0.15) is 30.0 Å². The van der Waals surface area contributed by atoms with E-state index in [2.05, 4.69) is 9.71 Å². The summed E-state index contributed by atoms with van der Waals surface area (Å²) >= 11 is 0. The summed E-state index contributed by atoms with van der Waals surface area (Å²) in [5, 5.41) is 0. The molecule has 3 rings (SSSR count). The summed E-state index contributed by atoms with van der Waals surface area (Å²) in [7, 11) is -3.41. The Labute approximate surface area is 143 Å². The molecule has 24 heavy (non-hydrogen) atoms. The summed E-state index contributed by atoms with van der Waals surface area (Å²) in [6.07, 6.45) is 4.98. The zero-order valence-corrected chi connectivity index (χ0v) is 14.3. The van der Waals surface area contributed by atoms with Crippen molar-refractivity contribution >= 4 is 10.0 Å². The van der Waals surface area contributed by atoms with Crippen LogP contribution in [0.5, 0.6) is 0 Å². The zero-order chi connectivity index (χ0) is 16.8. The van der Waals surface area contributed by atoms with Crippen molar-refractivity contribution in [1.29, 1.82) is 0 Å². The number of hydrogen-bond donors (Lipinski definition) is 1. The maximum atomic E-state index is 12.7. The quantitative estimate of drug-likeness (QED) is 0.873. The molecule has 0 amide bonds. The van der Waals surface area contributed by atoms with E-state index in [1.165, 1.54) is 0 Å². The second kappa shape index (κ2) is 7.88. The maximum absolute atomic E-state index is 12.7. The Balaban J connectivity index is 1.81. The first-order valence-electron chi connectivity index (χ1n) is 8.17. The van der Waals surface area contributed by atoms with Crippen molar-refractivity contribution in [2.75, 3.05) is 19.0 Å². The largest absolute Gasteiger partial charge is 0.381 e. The smallest absolute Gasteiger partial charge is 0.212 e. The highest BCUT2D eigenvalue weighted by molar-refractivity contribution is 7.89. The molecule has 1 atom stereocenters. The standard InChI is InChI=1S/C18H22N2O3S/c21-24(22,14-15-8-11-23-12-9-15)20-18(16-5-2-1-3-6-16)17-7-4-10-19-13-17/h1-7,10,13,15,18,20H,8-9,11-12,14H2/t18-/m0/s1. The van der Waals surface area contributed by atoms with Gasteiger partial charge in [-0.15, -0.1) is 0 Å². The molecule has 1 aliphatic heterocycles. The molecule has 1 saturated heterocycles. The molecule has 0 saturated carbocycles. The first kappa shape index (κ1) is 17.1. The summed E-state index contributed by atoms with van der Waals surface area (Å²) in [6, 6.07) is 12.9. The summed E-state index contributed by atoms with van der Waals surface area (Å²) in [4.78, 5) is 4.13. The zero-order valence-electron chi connectivity index (χ0n) is 13.5. The van der Waals surface area contributed by atoms with E-state index in [1.807, 2.05) is 42.5 Å². The maximum Gasteiger partial charge on any atom is 0.212 e. The van der Waals surface area contributed by atoms with Gasteiger partial charge in [-0.05, 0) is 36.0 Å². The van der Waals surface area contributed by atoms with E-state index in [0.717, 1.165) is 24.0 Å². The third-order valence-corrected chi connectivity index (χ3v) is 5.75. The Hall–Kier alpha value is -1.76. The van der Waals surface area contributed by atoms with Crippen LogP contribution in [0.3, 0.4) is 0 Å². The predicted octanol–water partition coefficient (Wildman–Crippen LogP) is 2.52. The van der Waals surface area contributed by atoms with Crippen LogP contribution in [0.4, 0.5) is 0 Å². The number of nitrogens with one attached hydrogen (secondary N) is 1. The van der Waals surface area contributed by atoms with Crippen molar-refractivity contribution < 1.29 is 13.2 Å². The van der Waals surface area contributed by atoms with Gasteiger partial charge in [-0.3, -0.25) is 4.98 Å². The van der Waals surface area contributed by atoms with Gasteiger partial charge in [0.2, 0.25) is 10.0 Å². The fourth-order valence-electron chi connectivity index (χ4n) is 2.97. The minimum Gasteiger partial charge on any atom is -0.381 e. The Kier molecular flexibility index (Phi) is 5.60. The average Bonchev–Trinajstić information content (AvgIpc) is 2.62. The van der Waals surface area contributed by atoms with Gasteiger partial charge in [0.05, 0.1) is 11.8 Å². The molecule has 2 aromatic rings. The molecule has 6 heteroatoms. The number of rotatable bonds is 6. The fraction of sp³-hybridized carbons (Fsp3) is 0.389. The van der Waals surface area contributed by atoms with Gasteiger partial charge in [0, 0.05) is 25.6 Å². The van der Waals surface area contributed by atoms with Crippen LogP contribution in [-0.2, 0) is 14.8 Å². The van der Waals surface area contributed by atoms with Crippen LogP contribution in [0.25, 0.3) is 0 Å². The Morgan fingerprint density at radius 1 is 1.08 bits per heavy atom. The topological polar surface area (TPSA) is 68.3 Å². The third kappa shape index (κ3) is 4.63. The van der Waals surface area contributed by atoms with Crippen molar-refractivity contribution in [3.63, 3.8) is 0 Å². The first-order chi connectivity index (χ1) is 11.6. The molecule has 128 valence electrons. The molecule has 0 radical (unpaired) electrons. The van der Waals surface area contributed by atoms with E-state index in [9.17, 15) is 8.42 Å². The summed E-state index contributed by atoms with van der Waals surface area (Å²) in [5.41, 5.74) is 1.74. The number of sulfonamides is 1. The van der Waals surface area contributed by atoms with E-state index < -0.39 is 16.1 Å². The third-order valence-electron chi connectivity index (χ3n) is 4.24. The molecule has 0 bridgehead atoms. The molecule has 1 N–H and O–H groups in total. The van der Waals surface area contributed by atoms with Gasteiger partial charge in [-0.2, -0.15) is 0 Å². The first-order valence-corrected chi connectivity index (χ1v) is 9.82. The van der Waals surface area contributed by atoms with E-state index in [-0.39, 0.29) is 11.7 Å². The minimum atomic E-state index is -3.41. The monoisotopic (exact) mass is 346 g/mol. The van der Waals surface area contributed by atoms with Crippen LogP contribution in [-0.4, -0.2) is 32.4 Å². The SMILES string of the molecule is O=S(=O)(CC1CCOCC1)N[C@@H](c1ccccc1)c1cccnc1. The fourth-order valence-corrected chi connectivity index (χ4v) is 4.65. The molecule has 1 aromatic heterocycles. The number of nitrogens with zero attached hydrogens (tertiary/aromatic N) is 1. The molecule has 5 nitrogen and oxygen atoms in total. The van der Waals surface area contributed by atoms with Gasteiger partial charge >= 0.3 is 0 Å². The second-order valence-corrected chi connectivity index (χ2v) is 7.88. The van der Waals surface area contributed by atoms with Gasteiger partial charge < -0.3 is 4.74 Å². The Bertz CT molecular complexity index is 690. The molecular weight excluding hydrogens is 324 g/mol. The van der Waals surface area contributed by atoms with Gasteiger partial charge in [-0.1, -0.05) is 36.4 Å². The molecule has 1 aromatic carbocycles. The van der Waals surface area contributed by atoms with Gasteiger partial charge in [-0.25, -0.2) is 13.1 Å². The van der Waals surface area contributed by atoms with Crippen LogP contribution in [0, 0.1) is 5.92 Å². The second-order valence-electron chi connectivity index (χ2n) is 6.09. The van der Waals surface area contributed by atoms with E-state index in [0.29, 0.717) is 13.2 Å². The van der Waals surface area contributed by atoms with E-state index in [4.69, 9.17) is 4.74 Å². The lowest BCUT2D eigenvalue weighted by Gasteiger charge is -2.24. The van der Waals surface area contributed by atoms with Crippen molar-refractivity contribution in [3.05, 3.63) is 66.0 Å². The van der Waals surface area contributed by atoms with Crippen molar-refractivity contribution in [2.45, 2.75) is 18.9 Å². The number of hydrogen-bond acceptors (Lipinski definition) is 4. The molecular formula is C18H22N2O3S. The predicted molar refractivity (Wildman–Crippen MR) is 93.0 cm³/mol. The van der Waals surface area contributed by atoms with Crippen molar-refractivity contribution in [3.8, 4) is 0 Å². The van der Waals surface area contributed by atoms with Crippen LogP contribution < -0.4 is 4.72 Å². The molecule has 2 heterocycles. The minimum absolute atomic E-state index is 0.139. The molecule has 0 aliphatic carbocycles. The lowest BCUT2D eigenvalue weighted by Crippen LogP contribution is -2.35. The highest BCUT2D eigenvalue weighted by Crippen LogP contribution is 2.24. The molecule has 0 unspecified atom stereocenters. The lowest BCUT2D eigenvalue weighted by atomic mass is 10.0. The number of benzene rings is 1. The summed E-state index contributed by atoms with van der Waals surface area (Å²) in [5.74, 6) is 0.293. The normalized spacial score (nSPS) is 17.5. The van der Waals surface area contributed by atoms with Crippen molar-refractivity contribution in [2.24, 2.45) is 5.92 Å². The summed E-state index contributed by atoms with van der Waals surface area (Å²) < 4.78 is 33.5. The van der Waals surface area contributed by atoms with Gasteiger partial charge in [0.1, 0.15) is 0 Å². The van der Waals surface area contributed by atoms with Crippen LogP contribution in [0.2, 0.25) is 0 Å². The van der Waals surface area contributed by atoms with Gasteiger partial charge in [0.25, 0.3) is 0 Å². The van der Waals surface area contributed by atoms with Crippen molar-refractivity contribution in [1.82, 2.24) is 9.71 Å². The van der Waals surface area contributed by atoms with Gasteiger partial charge in [0.15, 0.2) is 0 Å². The average molecular weight is 346 g/mol. The molecule has 1 aliphatic rings. The van der Waals surface area contributed by atoms with E-state index in [1.54, 1.807) is 12.4 Å². The number of pyridine rings is 1. The summed E-state index contributed by atoms with van der Waals surface area (Å²) in [6.45, 7) is 1.29. The van der Waals surface area contributed by atoms with E-state index >= 15 is 0 Å². The lowest BCUT2D eigenvalue weighted by molar-refractivity contribution is 0.0723. The van der Waals surface area contributed by atoms with Crippen LogP contribution in [0.15, 0.2) is 54.9 Å². The van der Waals surface area contributed by atoms with Crippen LogP contribution >= 0.6 is 0 Å². The Morgan fingerprint density at radius 3 is 2.46 bits per heavy atom. The molecule has 1 fully saturated rings. The highest BCUT2D eigenvalue weighted by Gasteiger charge is 2.25. The highest BCUT2D eigenvalue weighted by atomic mass is 32.2. The molecule has 0 spiro atoms.